The third-order valence-electron chi connectivity index (χ3n) is 3.02. The lowest BCUT2D eigenvalue weighted by molar-refractivity contribution is -0.384. The lowest BCUT2D eigenvalue weighted by atomic mass is 10.2. The molecule has 1 aromatic carbocycles. The maximum atomic E-state index is 10.7. The first kappa shape index (κ1) is 14.4. The highest BCUT2D eigenvalue weighted by molar-refractivity contribution is 5.85. The van der Waals surface area contributed by atoms with Crippen molar-refractivity contribution >= 4 is 29.1 Å². The Hall–Kier alpha value is -1.99. The molecule has 0 amide bonds. The SMILES string of the molecule is Cl.O=[N+]([O-])c1ccc2nc(O[C@H]3CCNC3)cnc2c1. The van der Waals surface area contributed by atoms with Crippen LogP contribution in [0.1, 0.15) is 6.42 Å². The molecule has 0 bridgehead atoms. The molecule has 0 aliphatic carbocycles. The van der Waals surface area contributed by atoms with Crippen molar-refractivity contribution < 1.29 is 9.66 Å². The molecule has 2 heterocycles. The van der Waals surface area contributed by atoms with Gasteiger partial charge >= 0.3 is 0 Å². The van der Waals surface area contributed by atoms with Crippen LogP contribution in [0, 0.1) is 10.1 Å². The number of halogens is 1. The van der Waals surface area contributed by atoms with Crippen LogP contribution in [0.25, 0.3) is 11.0 Å². The molecule has 2 aromatic rings. The number of hydrogen-bond donors (Lipinski definition) is 1. The first-order chi connectivity index (χ1) is 9.22. The summed E-state index contributed by atoms with van der Waals surface area (Å²) in [5.74, 6) is 0.454. The van der Waals surface area contributed by atoms with Crippen LogP contribution < -0.4 is 10.1 Å². The van der Waals surface area contributed by atoms with E-state index in [9.17, 15) is 10.1 Å². The summed E-state index contributed by atoms with van der Waals surface area (Å²) < 4.78 is 5.69. The van der Waals surface area contributed by atoms with Crippen molar-refractivity contribution in [2.24, 2.45) is 0 Å². The van der Waals surface area contributed by atoms with Gasteiger partial charge < -0.3 is 10.1 Å². The van der Waals surface area contributed by atoms with E-state index in [0.717, 1.165) is 19.5 Å². The molecule has 7 nitrogen and oxygen atoms in total. The Kier molecular flexibility index (Phi) is 4.31. The van der Waals surface area contributed by atoms with Crippen LogP contribution in [0.2, 0.25) is 0 Å². The number of hydrogen-bond acceptors (Lipinski definition) is 6. The van der Waals surface area contributed by atoms with Gasteiger partial charge in [0.05, 0.1) is 22.2 Å². The Morgan fingerprint density at radius 3 is 2.95 bits per heavy atom. The lowest BCUT2D eigenvalue weighted by Crippen LogP contribution is -2.20. The predicted molar refractivity (Wildman–Crippen MR) is 75.3 cm³/mol. The zero-order valence-corrected chi connectivity index (χ0v) is 11.3. The fourth-order valence-electron chi connectivity index (χ4n) is 2.05. The number of nitrogens with one attached hydrogen (secondary N) is 1. The number of rotatable bonds is 3. The van der Waals surface area contributed by atoms with E-state index in [2.05, 4.69) is 15.3 Å². The molecule has 8 heteroatoms. The number of nitro groups is 1. The normalized spacial score (nSPS) is 17.7. The largest absolute Gasteiger partial charge is 0.472 e. The zero-order chi connectivity index (χ0) is 13.2. The second kappa shape index (κ2) is 5.98. The topological polar surface area (TPSA) is 90.2 Å². The van der Waals surface area contributed by atoms with Gasteiger partial charge in [-0.05, 0) is 19.0 Å². The second-order valence-corrected chi connectivity index (χ2v) is 4.37. The van der Waals surface area contributed by atoms with E-state index >= 15 is 0 Å². The van der Waals surface area contributed by atoms with Crippen molar-refractivity contribution in [2.45, 2.75) is 12.5 Å². The maximum Gasteiger partial charge on any atom is 0.271 e. The Morgan fingerprint density at radius 1 is 1.40 bits per heavy atom. The molecule has 3 rings (SSSR count). The minimum atomic E-state index is -0.449. The minimum Gasteiger partial charge on any atom is -0.472 e. The van der Waals surface area contributed by atoms with Crippen molar-refractivity contribution in [2.75, 3.05) is 13.1 Å². The highest BCUT2D eigenvalue weighted by Crippen LogP contribution is 2.20. The van der Waals surface area contributed by atoms with Crippen LogP contribution in [-0.2, 0) is 0 Å². The Labute approximate surface area is 120 Å². The van der Waals surface area contributed by atoms with E-state index in [1.165, 1.54) is 18.3 Å². The van der Waals surface area contributed by atoms with Crippen LogP contribution in [0.3, 0.4) is 0 Å². The van der Waals surface area contributed by atoms with E-state index in [1.807, 2.05) is 0 Å². The molecule has 1 N–H and O–H groups in total. The Morgan fingerprint density at radius 2 is 2.25 bits per heavy atom. The van der Waals surface area contributed by atoms with Gasteiger partial charge in [0.2, 0.25) is 5.88 Å². The summed E-state index contributed by atoms with van der Waals surface area (Å²) in [6.07, 6.45) is 2.56. The molecule has 0 saturated carbocycles. The number of ether oxygens (including phenoxy) is 1. The first-order valence-corrected chi connectivity index (χ1v) is 6.01. The molecule has 0 unspecified atom stereocenters. The van der Waals surface area contributed by atoms with Gasteiger partial charge in [0.25, 0.3) is 5.69 Å². The van der Waals surface area contributed by atoms with Gasteiger partial charge in [-0.2, -0.15) is 0 Å². The summed E-state index contributed by atoms with van der Waals surface area (Å²) in [5.41, 5.74) is 1.09. The van der Waals surface area contributed by atoms with Crippen LogP contribution in [0.5, 0.6) is 5.88 Å². The monoisotopic (exact) mass is 296 g/mol. The molecular weight excluding hydrogens is 284 g/mol. The summed E-state index contributed by atoms with van der Waals surface area (Å²) in [6.45, 7) is 1.75. The predicted octanol–water partition coefficient (Wildman–Crippen LogP) is 1.70. The van der Waals surface area contributed by atoms with E-state index in [0.29, 0.717) is 16.9 Å². The fourth-order valence-corrected chi connectivity index (χ4v) is 2.05. The van der Waals surface area contributed by atoms with Gasteiger partial charge in [-0.25, -0.2) is 9.97 Å². The summed E-state index contributed by atoms with van der Waals surface area (Å²) >= 11 is 0. The van der Waals surface area contributed by atoms with Crippen molar-refractivity contribution in [3.63, 3.8) is 0 Å². The van der Waals surface area contributed by atoms with Crippen LogP contribution in [0.15, 0.2) is 24.4 Å². The lowest BCUT2D eigenvalue weighted by Gasteiger charge is -2.11. The molecule has 1 saturated heterocycles. The van der Waals surface area contributed by atoms with E-state index in [-0.39, 0.29) is 24.2 Å². The number of aromatic nitrogens is 2. The highest BCUT2D eigenvalue weighted by Gasteiger charge is 2.17. The fraction of sp³-hybridized carbons (Fsp3) is 0.333. The van der Waals surface area contributed by atoms with Crippen LogP contribution >= 0.6 is 12.4 Å². The standard InChI is InChI=1S/C12H12N4O3.ClH/c17-16(18)8-1-2-10-11(5-8)14-7-12(15-10)19-9-3-4-13-6-9;/h1-2,5,7,9,13H,3-4,6H2;1H/t9-;/m0./s1. The number of nitrogens with zero attached hydrogens (tertiary/aromatic N) is 3. The summed E-state index contributed by atoms with van der Waals surface area (Å²) in [4.78, 5) is 18.7. The van der Waals surface area contributed by atoms with Crippen molar-refractivity contribution in [1.29, 1.82) is 0 Å². The quantitative estimate of drug-likeness (QED) is 0.685. The summed E-state index contributed by atoms with van der Waals surface area (Å²) in [6, 6.07) is 4.40. The molecule has 0 radical (unpaired) electrons. The zero-order valence-electron chi connectivity index (χ0n) is 10.5. The molecule has 1 atom stereocenters. The van der Waals surface area contributed by atoms with Crippen molar-refractivity contribution in [3.8, 4) is 5.88 Å². The molecular formula is C12H13ClN4O3. The number of non-ortho nitro benzene ring substituents is 1. The molecule has 0 spiro atoms. The molecule has 1 aliphatic heterocycles. The average Bonchev–Trinajstić information content (AvgIpc) is 2.91. The second-order valence-electron chi connectivity index (χ2n) is 4.37. The van der Waals surface area contributed by atoms with E-state index < -0.39 is 4.92 Å². The third kappa shape index (κ3) is 2.94. The Balaban J connectivity index is 0.00000147. The van der Waals surface area contributed by atoms with Gasteiger partial charge in [-0.3, -0.25) is 10.1 Å². The number of nitro benzene ring substituents is 1. The smallest absolute Gasteiger partial charge is 0.271 e. The van der Waals surface area contributed by atoms with Gasteiger partial charge in [0.15, 0.2) is 0 Å². The molecule has 1 aromatic heterocycles. The first-order valence-electron chi connectivity index (χ1n) is 6.01. The number of benzene rings is 1. The van der Waals surface area contributed by atoms with E-state index in [1.54, 1.807) is 6.07 Å². The average molecular weight is 297 g/mol. The molecule has 20 heavy (non-hydrogen) atoms. The van der Waals surface area contributed by atoms with E-state index in [4.69, 9.17) is 4.74 Å². The number of fused-ring (bicyclic) bond motifs is 1. The molecule has 1 fully saturated rings. The Bertz CT molecular complexity index is 631. The third-order valence-corrected chi connectivity index (χ3v) is 3.02. The van der Waals surface area contributed by atoms with Gasteiger partial charge in [-0.15, -0.1) is 12.4 Å². The van der Waals surface area contributed by atoms with Crippen molar-refractivity contribution in [3.05, 3.63) is 34.5 Å². The van der Waals surface area contributed by atoms with Crippen LogP contribution in [0.4, 0.5) is 5.69 Å². The maximum absolute atomic E-state index is 10.7. The molecule has 1 aliphatic rings. The minimum absolute atomic E-state index is 0. The van der Waals surface area contributed by atoms with Gasteiger partial charge in [0.1, 0.15) is 6.10 Å². The van der Waals surface area contributed by atoms with Crippen molar-refractivity contribution in [1.82, 2.24) is 15.3 Å². The van der Waals surface area contributed by atoms with Gasteiger partial charge in [0, 0.05) is 18.7 Å². The van der Waals surface area contributed by atoms with Gasteiger partial charge in [-0.1, -0.05) is 0 Å². The summed E-state index contributed by atoms with van der Waals surface area (Å²) in [5, 5.41) is 13.9. The molecule has 106 valence electrons. The van der Waals surface area contributed by atoms with Crippen LogP contribution in [-0.4, -0.2) is 34.1 Å². The highest BCUT2D eigenvalue weighted by atomic mass is 35.5. The summed E-state index contributed by atoms with van der Waals surface area (Å²) in [7, 11) is 0.